The van der Waals surface area contributed by atoms with Gasteiger partial charge in [0, 0.05) is 7.11 Å². The van der Waals surface area contributed by atoms with Crippen molar-refractivity contribution in [2.45, 2.75) is 70.7 Å². The van der Waals surface area contributed by atoms with Crippen molar-refractivity contribution in [3.05, 3.63) is 72.8 Å². The molecule has 0 spiro atoms. The molecule has 184 valence electrons. The van der Waals surface area contributed by atoms with Crippen LogP contribution in [0.5, 0.6) is 0 Å². The SMILES string of the molecule is CC=CC(=O)[C@H](OC)[C@H]1OC(C)(C)O[C@H]1CO[Si](c1ccccc1)(c1ccccc1)C(C)(C)C. The van der Waals surface area contributed by atoms with Crippen molar-refractivity contribution in [3.8, 4) is 0 Å². The minimum absolute atomic E-state index is 0.147. The summed E-state index contributed by atoms with van der Waals surface area (Å²) in [5.74, 6) is -0.997. The van der Waals surface area contributed by atoms with Gasteiger partial charge in [0.2, 0.25) is 0 Å². The van der Waals surface area contributed by atoms with Crippen LogP contribution < -0.4 is 10.4 Å². The molecule has 0 bridgehead atoms. The second kappa shape index (κ2) is 10.7. The summed E-state index contributed by atoms with van der Waals surface area (Å²) in [6.07, 6.45) is 1.41. The first-order valence-electron chi connectivity index (χ1n) is 11.9. The zero-order chi connectivity index (χ0) is 25.0. The Morgan fingerprint density at radius 3 is 2.00 bits per heavy atom. The minimum Gasteiger partial charge on any atom is -0.405 e. The molecule has 0 aliphatic carbocycles. The summed E-state index contributed by atoms with van der Waals surface area (Å²) in [6.45, 7) is 12.5. The molecule has 2 aromatic rings. The Hall–Kier alpha value is -2.09. The fourth-order valence-corrected chi connectivity index (χ4v) is 9.46. The predicted molar refractivity (Wildman–Crippen MR) is 138 cm³/mol. The molecule has 5 nitrogen and oxygen atoms in total. The van der Waals surface area contributed by atoms with Gasteiger partial charge in [0.25, 0.3) is 8.32 Å². The second-order valence-corrected chi connectivity index (χ2v) is 14.5. The number of hydrogen-bond acceptors (Lipinski definition) is 5. The number of rotatable bonds is 9. The minimum atomic E-state index is -2.76. The van der Waals surface area contributed by atoms with Crippen LogP contribution in [0.25, 0.3) is 0 Å². The van der Waals surface area contributed by atoms with E-state index in [2.05, 4.69) is 69.3 Å². The number of benzene rings is 2. The van der Waals surface area contributed by atoms with Gasteiger partial charge in [-0.1, -0.05) is 87.5 Å². The molecule has 6 heteroatoms. The Labute approximate surface area is 205 Å². The van der Waals surface area contributed by atoms with Gasteiger partial charge in [-0.25, -0.2) is 0 Å². The first-order chi connectivity index (χ1) is 16.1. The zero-order valence-electron chi connectivity index (χ0n) is 21.4. The average Bonchev–Trinajstić information content (AvgIpc) is 3.09. The van der Waals surface area contributed by atoms with Crippen LogP contribution in [0.1, 0.15) is 41.5 Å². The van der Waals surface area contributed by atoms with E-state index in [0.29, 0.717) is 0 Å². The highest BCUT2D eigenvalue weighted by Gasteiger charge is 2.53. The summed E-state index contributed by atoms with van der Waals surface area (Å²) in [5.41, 5.74) is 0. The number of methoxy groups -OCH3 is 1. The lowest BCUT2D eigenvalue weighted by atomic mass is 10.0. The molecular formula is C28H38O5Si. The number of carbonyl (C=O) groups is 1. The van der Waals surface area contributed by atoms with E-state index in [4.69, 9.17) is 18.6 Å². The quantitative estimate of drug-likeness (QED) is 0.395. The molecule has 0 saturated carbocycles. The molecular weight excluding hydrogens is 444 g/mol. The van der Waals surface area contributed by atoms with Gasteiger partial charge in [-0.15, -0.1) is 0 Å². The van der Waals surface area contributed by atoms with Crippen molar-refractivity contribution >= 4 is 24.5 Å². The lowest BCUT2D eigenvalue weighted by Crippen LogP contribution is -2.67. The van der Waals surface area contributed by atoms with E-state index in [9.17, 15) is 4.79 Å². The Morgan fingerprint density at radius 1 is 1.03 bits per heavy atom. The lowest BCUT2D eigenvalue weighted by Gasteiger charge is -2.43. The summed E-state index contributed by atoms with van der Waals surface area (Å²) in [4.78, 5) is 12.7. The normalized spacial score (nSPS) is 21.6. The summed E-state index contributed by atoms with van der Waals surface area (Å²) >= 11 is 0. The molecule has 1 aliphatic rings. The summed E-state index contributed by atoms with van der Waals surface area (Å²) in [6, 6.07) is 20.9. The molecule has 2 aromatic carbocycles. The second-order valence-electron chi connectivity index (χ2n) is 10.2. The molecule has 1 heterocycles. The molecule has 0 unspecified atom stereocenters. The van der Waals surface area contributed by atoms with Gasteiger partial charge in [0.15, 0.2) is 11.6 Å². The van der Waals surface area contributed by atoms with Gasteiger partial charge in [0.1, 0.15) is 18.3 Å². The molecule has 0 aromatic heterocycles. The maximum absolute atomic E-state index is 12.7. The Morgan fingerprint density at radius 2 is 1.56 bits per heavy atom. The van der Waals surface area contributed by atoms with E-state index < -0.39 is 32.4 Å². The Balaban J connectivity index is 2.02. The Kier molecular flexibility index (Phi) is 8.32. The van der Waals surface area contributed by atoms with Crippen molar-refractivity contribution < 1.29 is 23.4 Å². The third-order valence-electron chi connectivity index (χ3n) is 6.27. The number of carbonyl (C=O) groups excluding carboxylic acids is 1. The van der Waals surface area contributed by atoms with Gasteiger partial charge in [0.05, 0.1) is 6.61 Å². The van der Waals surface area contributed by atoms with Gasteiger partial charge in [-0.3, -0.25) is 4.79 Å². The van der Waals surface area contributed by atoms with Crippen molar-refractivity contribution in [2.75, 3.05) is 13.7 Å². The van der Waals surface area contributed by atoms with Crippen LogP contribution in [-0.4, -0.2) is 51.9 Å². The number of allylic oxidation sites excluding steroid dienone is 1. The van der Waals surface area contributed by atoms with Gasteiger partial charge in [-0.05, 0) is 42.3 Å². The molecule has 3 rings (SSSR count). The summed E-state index contributed by atoms with van der Waals surface area (Å²) in [5, 5.41) is 2.22. The number of ether oxygens (including phenoxy) is 3. The van der Waals surface area contributed by atoms with Gasteiger partial charge in [-0.2, -0.15) is 0 Å². The monoisotopic (exact) mass is 482 g/mol. The average molecular weight is 483 g/mol. The highest BCUT2D eigenvalue weighted by Crippen LogP contribution is 2.38. The van der Waals surface area contributed by atoms with Crippen LogP contribution in [0.15, 0.2) is 72.8 Å². The van der Waals surface area contributed by atoms with E-state index in [1.54, 1.807) is 6.08 Å². The van der Waals surface area contributed by atoms with E-state index in [0.717, 1.165) is 0 Å². The molecule has 0 N–H and O–H groups in total. The van der Waals surface area contributed by atoms with Crippen LogP contribution in [0.2, 0.25) is 5.04 Å². The molecule has 34 heavy (non-hydrogen) atoms. The van der Waals surface area contributed by atoms with Crippen molar-refractivity contribution in [1.29, 1.82) is 0 Å². The number of hydrogen-bond donors (Lipinski definition) is 0. The third kappa shape index (κ3) is 5.42. The van der Waals surface area contributed by atoms with E-state index in [-0.39, 0.29) is 17.4 Å². The molecule has 3 atom stereocenters. The van der Waals surface area contributed by atoms with Crippen molar-refractivity contribution in [3.63, 3.8) is 0 Å². The fourth-order valence-electron chi connectivity index (χ4n) is 4.89. The third-order valence-corrected chi connectivity index (χ3v) is 11.3. The highest BCUT2D eigenvalue weighted by molar-refractivity contribution is 6.99. The van der Waals surface area contributed by atoms with Crippen molar-refractivity contribution in [1.82, 2.24) is 0 Å². The van der Waals surface area contributed by atoms with E-state index in [1.807, 2.05) is 32.9 Å². The molecule has 1 fully saturated rings. The van der Waals surface area contributed by atoms with Crippen LogP contribution in [0.3, 0.4) is 0 Å². The van der Waals surface area contributed by atoms with E-state index in [1.165, 1.54) is 23.6 Å². The standard InChI is InChI=1S/C28H38O5Si/c1-8-15-23(29)25(30-7)26-24(32-28(5,6)33-26)20-31-34(27(2,3)4,21-16-11-9-12-17-21)22-18-13-10-14-19-22/h8-19,24-26H,20H2,1-7H3/t24-,25-,26-/m0/s1. The van der Waals surface area contributed by atoms with Crippen LogP contribution in [0.4, 0.5) is 0 Å². The van der Waals surface area contributed by atoms with Crippen molar-refractivity contribution in [2.24, 2.45) is 0 Å². The van der Waals surface area contributed by atoms with Crippen LogP contribution in [-0.2, 0) is 23.4 Å². The zero-order valence-corrected chi connectivity index (χ0v) is 22.4. The molecule has 0 amide bonds. The topological polar surface area (TPSA) is 54.0 Å². The highest BCUT2D eigenvalue weighted by atomic mass is 28.4. The molecule has 0 radical (unpaired) electrons. The summed E-state index contributed by atoms with van der Waals surface area (Å²) in [7, 11) is -1.23. The fraction of sp³-hybridized carbons (Fsp3) is 0.464. The molecule has 1 saturated heterocycles. The maximum Gasteiger partial charge on any atom is 0.261 e. The number of ketones is 1. The van der Waals surface area contributed by atoms with Gasteiger partial charge < -0.3 is 18.6 Å². The largest absolute Gasteiger partial charge is 0.405 e. The van der Waals surface area contributed by atoms with Crippen LogP contribution >= 0.6 is 0 Å². The molecule has 1 aliphatic heterocycles. The first-order valence-corrected chi connectivity index (χ1v) is 13.8. The Bertz CT molecular complexity index is 926. The predicted octanol–water partition coefficient (Wildman–Crippen LogP) is 4.24. The lowest BCUT2D eigenvalue weighted by molar-refractivity contribution is -0.161. The van der Waals surface area contributed by atoms with Crippen LogP contribution in [0, 0.1) is 0 Å². The summed E-state index contributed by atoms with van der Waals surface area (Å²) < 4.78 is 25.1. The first kappa shape index (κ1) is 26.5. The van der Waals surface area contributed by atoms with E-state index >= 15 is 0 Å². The smallest absolute Gasteiger partial charge is 0.261 e. The maximum atomic E-state index is 12.7. The van der Waals surface area contributed by atoms with Gasteiger partial charge >= 0.3 is 0 Å².